The lowest BCUT2D eigenvalue weighted by Crippen LogP contribution is -2.47. The molecule has 0 aromatic carbocycles. The number of rotatable bonds is 4. The number of amides is 1. The number of hydroxylamine groups is 2. The van der Waals surface area contributed by atoms with E-state index in [1.807, 2.05) is 0 Å². The van der Waals surface area contributed by atoms with E-state index in [9.17, 15) is 14.7 Å². The van der Waals surface area contributed by atoms with Crippen molar-refractivity contribution in [2.24, 2.45) is 0 Å². The minimum absolute atomic E-state index is 0.401. The van der Waals surface area contributed by atoms with Crippen LogP contribution in [0.15, 0.2) is 0 Å². The summed E-state index contributed by atoms with van der Waals surface area (Å²) in [6, 6.07) is 0. The maximum Gasteiger partial charge on any atom is 0.251 e. The lowest BCUT2D eigenvalue weighted by atomic mass is 10.0. The Morgan fingerprint density at radius 2 is 2.05 bits per heavy atom. The first-order chi connectivity index (χ1) is 9.22. The molecule has 2 heterocycles. The van der Waals surface area contributed by atoms with E-state index in [0.717, 1.165) is 5.06 Å². The van der Waals surface area contributed by atoms with Gasteiger partial charge in [0.15, 0.2) is 12.1 Å². The van der Waals surface area contributed by atoms with Crippen LogP contribution in [0.4, 0.5) is 0 Å². The molecule has 0 aliphatic carbocycles. The first-order valence-electron chi connectivity index (χ1n) is 6.24. The predicted molar refractivity (Wildman–Crippen MR) is 64.1 cm³/mol. The molecule has 114 valence electrons. The molecule has 2 aliphatic heterocycles. The summed E-state index contributed by atoms with van der Waals surface area (Å²) in [5.41, 5.74) is 0. The average molecular weight is 289 g/mol. The molecule has 1 unspecified atom stereocenters. The molecule has 2 fully saturated rings. The topological polar surface area (TPSA) is 94.5 Å². The molecular weight excluding hydrogens is 270 g/mol. The summed E-state index contributed by atoms with van der Waals surface area (Å²) in [7, 11) is 2.73. The van der Waals surface area contributed by atoms with Gasteiger partial charge in [0.25, 0.3) is 5.91 Å². The van der Waals surface area contributed by atoms with Gasteiger partial charge in [0.05, 0.1) is 13.5 Å². The fraction of sp³-hybridized carbons (Fsp3) is 0.833. The van der Waals surface area contributed by atoms with Crippen molar-refractivity contribution in [2.75, 3.05) is 14.2 Å². The molecule has 4 atom stereocenters. The van der Waals surface area contributed by atoms with Gasteiger partial charge in [0.2, 0.25) is 5.79 Å². The van der Waals surface area contributed by atoms with E-state index in [0.29, 0.717) is 6.29 Å². The van der Waals surface area contributed by atoms with Crippen LogP contribution in [0.3, 0.4) is 0 Å². The molecule has 2 saturated heterocycles. The van der Waals surface area contributed by atoms with Crippen molar-refractivity contribution >= 4 is 12.2 Å². The number of nitrogens with zero attached hydrogens (tertiary/aromatic N) is 1. The number of carbonyl (C=O) groups excluding carboxylic acids is 2. The van der Waals surface area contributed by atoms with Crippen molar-refractivity contribution in [1.29, 1.82) is 0 Å². The Hall–Kier alpha value is -1.06. The fourth-order valence-electron chi connectivity index (χ4n) is 2.43. The molecule has 0 bridgehead atoms. The van der Waals surface area contributed by atoms with E-state index < -0.39 is 42.2 Å². The first-order valence-corrected chi connectivity index (χ1v) is 6.24. The third-order valence-corrected chi connectivity index (χ3v) is 3.40. The third-order valence-electron chi connectivity index (χ3n) is 3.40. The summed E-state index contributed by atoms with van der Waals surface area (Å²) in [5, 5.41) is 11.5. The predicted octanol–water partition coefficient (Wildman–Crippen LogP) is -0.797. The third kappa shape index (κ3) is 2.57. The Morgan fingerprint density at radius 1 is 1.40 bits per heavy atom. The van der Waals surface area contributed by atoms with Crippen molar-refractivity contribution in [3.05, 3.63) is 0 Å². The highest BCUT2D eigenvalue weighted by atomic mass is 16.8. The molecule has 1 N–H and O–H groups in total. The Morgan fingerprint density at radius 3 is 2.60 bits per heavy atom. The van der Waals surface area contributed by atoms with E-state index in [1.54, 1.807) is 13.8 Å². The van der Waals surface area contributed by atoms with Crippen LogP contribution in [-0.2, 0) is 28.6 Å². The van der Waals surface area contributed by atoms with Crippen LogP contribution in [0.25, 0.3) is 0 Å². The number of hydrogen-bond acceptors (Lipinski definition) is 7. The van der Waals surface area contributed by atoms with E-state index in [2.05, 4.69) is 0 Å². The van der Waals surface area contributed by atoms with Crippen molar-refractivity contribution in [2.45, 2.75) is 50.2 Å². The van der Waals surface area contributed by atoms with Crippen LogP contribution in [0.1, 0.15) is 20.3 Å². The second-order valence-electron chi connectivity index (χ2n) is 5.33. The van der Waals surface area contributed by atoms with Crippen LogP contribution in [0, 0.1) is 0 Å². The van der Waals surface area contributed by atoms with Gasteiger partial charge in [-0.2, -0.15) is 0 Å². The van der Waals surface area contributed by atoms with Gasteiger partial charge in [-0.3, -0.25) is 9.63 Å². The first kappa shape index (κ1) is 15.3. The van der Waals surface area contributed by atoms with E-state index in [-0.39, 0.29) is 0 Å². The van der Waals surface area contributed by atoms with Gasteiger partial charge in [-0.25, -0.2) is 5.06 Å². The van der Waals surface area contributed by atoms with Crippen molar-refractivity contribution in [3.8, 4) is 0 Å². The number of fused-ring (bicyclic) bond motifs is 1. The second kappa shape index (κ2) is 5.05. The minimum Gasteiger partial charge on any atom is -0.363 e. The molecule has 0 saturated carbocycles. The standard InChI is InChI=1S/C12H19NO7/c1-11(2)19-9-7(6-14)18-12(16,10(9)20-11)5-8(15)13(3)17-4/h6-7,9-10,16H,5H2,1-4H3/t7-,9+,10+,12?/m0/s1. The largest absolute Gasteiger partial charge is 0.363 e. The molecule has 0 aromatic heterocycles. The van der Waals surface area contributed by atoms with Crippen molar-refractivity contribution in [3.63, 3.8) is 0 Å². The molecule has 0 spiro atoms. The molecule has 8 heteroatoms. The SMILES string of the molecule is CON(C)C(=O)CC1(O)O[C@@H](C=O)[C@H]2OC(C)(C)O[C@H]21. The Balaban J connectivity index is 2.18. The monoisotopic (exact) mass is 289 g/mol. The van der Waals surface area contributed by atoms with E-state index in [1.165, 1.54) is 14.2 Å². The summed E-state index contributed by atoms with van der Waals surface area (Å²) in [6.07, 6.45) is -2.50. The quantitative estimate of drug-likeness (QED) is 0.535. The maximum atomic E-state index is 11.9. The normalized spacial score (nSPS) is 38.5. The molecule has 2 rings (SSSR count). The minimum atomic E-state index is -1.92. The van der Waals surface area contributed by atoms with Crippen molar-refractivity contribution < 1.29 is 33.7 Å². The van der Waals surface area contributed by atoms with Gasteiger partial charge in [-0.15, -0.1) is 0 Å². The molecule has 2 aliphatic rings. The maximum absolute atomic E-state index is 11.9. The second-order valence-corrected chi connectivity index (χ2v) is 5.33. The Bertz CT molecular complexity index is 413. The highest BCUT2D eigenvalue weighted by Crippen LogP contribution is 2.44. The summed E-state index contributed by atoms with van der Waals surface area (Å²) in [6.45, 7) is 3.33. The van der Waals surface area contributed by atoms with E-state index in [4.69, 9.17) is 19.0 Å². The number of aldehydes is 1. The zero-order valence-electron chi connectivity index (χ0n) is 11.9. The summed E-state index contributed by atoms with van der Waals surface area (Å²) in [5.74, 6) is -3.38. The fourth-order valence-corrected chi connectivity index (χ4v) is 2.43. The molecule has 1 amide bonds. The average Bonchev–Trinajstić information content (AvgIpc) is 2.82. The molecular formula is C12H19NO7. The van der Waals surface area contributed by atoms with Gasteiger partial charge in [0, 0.05) is 7.05 Å². The van der Waals surface area contributed by atoms with Gasteiger partial charge >= 0.3 is 0 Å². The number of aliphatic hydroxyl groups is 1. The Labute approximate surface area is 116 Å². The number of ether oxygens (including phenoxy) is 3. The molecule has 0 aromatic rings. The molecule has 0 radical (unpaired) electrons. The van der Waals surface area contributed by atoms with Gasteiger partial charge in [-0.05, 0) is 13.8 Å². The highest BCUT2D eigenvalue weighted by Gasteiger charge is 2.63. The summed E-state index contributed by atoms with van der Waals surface area (Å²) < 4.78 is 16.4. The smallest absolute Gasteiger partial charge is 0.251 e. The Kier molecular flexibility index (Phi) is 3.87. The van der Waals surface area contributed by atoms with Crippen molar-refractivity contribution in [1.82, 2.24) is 5.06 Å². The zero-order chi connectivity index (χ0) is 15.1. The zero-order valence-corrected chi connectivity index (χ0v) is 11.9. The van der Waals surface area contributed by atoms with E-state index >= 15 is 0 Å². The van der Waals surface area contributed by atoms with Crippen LogP contribution in [0.5, 0.6) is 0 Å². The van der Waals surface area contributed by atoms with Gasteiger partial charge in [-0.1, -0.05) is 0 Å². The van der Waals surface area contributed by atoms with Crippen LogP contribution < -0.4 is 0 Å². The van der Waals surface area contributed by atoms with Crippen LogP contribution >= 0.6 is 0 Å². The lowest BCUT2D eigenvalue weighted by Gasteiger charge is -2.30. The molecule has 8 nitrogen and oxygen atoms in total. The number of hydrogen-bond donors (Lipinski definition) is 1. The van der Waals surface area contributed by atoms with Gasteiger partial charge in [0.1, 0.15) is 18.3 Å². The van der Waals surface area contributed by atoms with Crippen LogP contribution in [-0.4, -0.2) is 66.4 Å². The van der Waals surface area contributed by atoms with Crippen LogP contribution in [0.2, 0.25) is 0 Å². The summed E-state index contributed by atoms with van der Waals surface area (Å²) in [4.78, 5) is 27.6. The molecule has 20 heavy (non-hydrogen) atoms. The highest BCUT2D eigenvalue weighted by molar-refractivity contribution is 5.76. The summed E-state index contributed by atoms with van der Waals surface area (Å²) >= 11 is 0. The number of carbonyl (C=O) groups is 2. The lowest BCUT2D eigenvalue weighted by molar-refractivity contribution is -0.272. The van der Waals surface area contributed by atoms with Gasteiger partial charge < -0.3 is 24.1 Å².